The Morgan fingerprint density at radius 2 is 2.17 bits per heavy atom. The predicted octanol–water partition coefficient (Wildman–Crippen LogP) is 1.03. The monoisotopic (exact) mass is 409 g/mol. The molecule has 0 saturated carbocycles. The lowest BCUT2D eigenvalue weighted by atomic mass is 9.92. The summed E-state index contributed by atoms with van der Waals surface area (Å²) in [5.41, 5.74) is 6.38. The molecule has 0 spiro atoms. The molecule has 0 unspecified atom stereocenters. The van der Waals surface area contributed by atoms with Crippen LogP contribution in [0, 0.1) is 0 Å². The van der Waals surface area contributed by atoms with Crippen LogP contribution in [0.25, 0.3) is 11.0 Å². The van der Waals surface area contributed by atoms with Crippen LogP contribution in [0.3, 0.4) is 0 Å². The highest BCUT2D eigenvalue weighted by Gasteiger charge is 2.48. The van der Waals surface area contributed by atoms with E-state index in [0.29, 0.717) is 36.4 Å². The lowest BCUT2D eigenvalue weighted by Gasteiger charge is -2.32. The van der Waals surface area contributed by atoms with Gasteiger partial charge in [0.25, 0.3) is 5.91 Å². The van der Waals surface area contributed by atoms with Crippen molar-refractivity contribution in [3.8, 4) is 0 Å². The number of rotatable bonds is 3. The van der Waals surface area contributed by atoms with E-state index >= 15 is 0 Å². The molecule has 3 aromatic rings. The van der Waals surface area contributed by atoms with Crippen molar-refractivity contribution >= 4 is 28.6 Å². The average molecular weight is 409 g/mol. The normalized spacial score (nSPS) is 24.7. The lowest BCUT2D eigenvalue weighted by Crippen LogP contribution is -2.36. The largest absolute Gasteiger partial charge is 0.382 e. The van der Waals surface area contributed by atoms with E-state index in [4.69, 9.17) is 10.3 Å². The molecule has 2 saturated heterocycles. The van der Waals surface area contributed by atoms with Crippen LogP contribution in [0.15, 0.2) is 29.0 Å². The highest BCUT2D eigenvalue weighted by Crippen LogP contribution is 2.36. The second kappa shape index (κ2) is 6.91. The Morgan fingerprint density at radius 3 is 2.97 bits per heavy atom. The van der Waals surface area contributed by atoms with Crippen molar-refractivity contribution in [3.63, 3.8) is 0 Å². The van der Waals surface area contributed by atoms with Gasteiger partial charge < -0.3 is 25.2 Å². The third-order valence-electron chi connectivity index (χ3n) is 6.10. The number of aliphatic hydroxyl groups is 1. The minimum atomic E-state index is -1.62. The Kier molecular flexibility index (Phi) is 4.31. The lowest BCUT2D eigenvalue weighted by molar-refractivity contribution is -0.144. The number of likely N-dealkylation sites (N-methyl/N-ethyl adjacent to an activating group) is 1. The van der Waals surface area contributed by atoms with Crippen LogP contribution in [0.5, 0.6) is 0 Å². The molecule has 3 N–H and O–H groups in total. The Labute approximate surface area is 172 Å². The molecule has 0 aromatic carbocycles. The first-order valence-electron chi connectivity index (χ1n) is 10.0. The summed E-state index contributed by atoms with van der Waals surface area (Å²) in [5.74, 6) is 1.14. The fraction of sp³-hybridized carbons (Fsp3) is 0.450. The Morgan fingerprint density at radius 1 is 1.30 bits per heavy atom. The maximum atomic E-state index is 12.3. The molecule has 0 aliphatic carbocycles. The van der Waals surface area contributed by atoms with Gasteiger partial charge in [-0.3, -0.25) is 4.79 Å². The topological polar surface area (TPSA) is 134 Å². The molecule has 30 heavy (non-hydrogen) atoms. The number of nitrogen functional groups attached to an aromatic ring is 1. The van der Waals surface area contributed by atoms with Crippen molar-refractivity contribution in [2.75, 3.05) is 37.3 Å². The molecule has 10 heteroatoms. The van der Waals surface area contributed by atoms with Crippen LogP contribution < -0.4 is 10.6 Å². The Bertz CT molecular complexity index is 1120. The van der Waals surface area contributed by atoms with Crippen molar-refractivity contribution in [2.24, 2.45) is 0 Å². The van der Waals surface area contributed by atoms with Crippen LogP contribution in [0.4, 0.5) is 11.6 Å². The number of fused-ring (bicyclic) bond motifs is 1. The number of nitrogens with two attached hydrogens (primary N) is 1. The molecule has 0 radical (unpaired) electrons. The highest BCUT2D eigenvalue weighted by molar-refractivity contribution is 5.87. The van der Waals surface area contributed by atoms with Gasteiger partial charge >= 0.3 is 0 Å². The van der Waals surface area contributed by atoms with Gasteiger partial charge in [0.05, 0.1) is 11.2 Å². The van der Waals surface area contributed by atoms with Crippen molar-refractivity contribution in [1.29, 1.82) is 0 Å². The van der Waals surface area contributed by atoms with E-state index in [1.54, 1.807) is 13.1 Å². The Hall–Kier alpha value is -3.27. The summed E-state index contributed by atoms with van der Waals surface area (Å²) < 4.78 is 5.42. The van der Waals surface area contributed by atoms with Gasteiger partial charge in [-0.05, 0) is 25.0 Å². The molecule has 1 amide bonds. The van der Waals surface area contributed by atoms with Crippen LogP contribution in [0.1, 0.15) is 36.6 Å². The second-order valence-electron chi connectivity index (χ2n) is 8.03. The second-order valence-corrected chi connectivity index (χ2v) is 8.03. The number of pyridine rings is 1. The molecule has 2 aliphatic heterocycles. The molecule has 2 fully saturated rings. The molecule has 156 valence electrons. The molecule has 5 heterocycles. The van der Waals surface area contributed by atoms with Crippen molar-refractivity contribution in [1.82, 2.24) is 25.0 Å². The van der Waals surface area contributed by atoms with E-state index in [9.17, 15) is 9.90 Å². The molecule has 10 nitrogen and oxygen atoms in total. The number of hydrogen-bond acceptors (Lipinski definition) is 9. The van der Waals surface area contributed by atoms with Crippen LogP contribution >= 0.6 is 0 Å². The molecular formula is C20H23N7O3. The summed E-state index contributed by atoms with van der Waals surface area (Å²) in [5, 5.41) is 15.0. The zero-order chi connectivity index (χ0) is 20.9. The number of piperidine rings is 1. The van der Waals surface area contributed by atoms with Crippen molar-refractivity contribution < 1.29 is 14.4 Å². The summed E-state index contributed by atoms with van der Waals surface area (Å²) in [6.07, 6.45) is 3.63. The summed E-state index contributed by atoms with van der Waals surface area (Å²) in [7, 11) is 1.67. The number of likely N-dealkylation sites (tertiary alicyclic amines) is 1. The van der Waals surface area contributed by atoms with Crippen LogP contribution in [-0.2, 0) is 10.4 Å². The third kappa shape index (κ3) is 2.95. The van der Waals surface area contributed by atoms with Crippen LogP contribution in [0.2, 0.25) is 0 Å². The van der Waals surface area contributed by atoms with Gasteiger partial charge in [-0.25, -0.2) is 15.0 Å². The van der Waals surface area contributed by atoms with Gasteiger partial charge in [-0.15, -0.1) is 0 Å². The number of anilines is 2. The van der Waals surface area contributed by atoms with Gasteiger partial charge in [0, 0.05) is 45.1 Å². The Balaban J connectivity index is 1.38. The van der Waals surface area contributed by atoms with E-state index in [1.165, 1.54) is 11.2 Å². The third-order valence-corrected chi connectivity index (χ3v) is 6.10. The van der Waals surface area contributed by atoms with Crippen molar-refractivity contribution in [2.45, 2.75) is 30.8 Å². The number of hydrogen-bond donors (Lipinski definition) is 2. The standard InChI is InChI=1S/C20H23N7O3/c1-26-8-6-20(29,19(26)28)15-9-14(25-30-15)12-3-2-7-27(10-12)16-5-4-13-17(24-16)18(21)23-11-22-13/h4-5,9,11-12,29H,2-3,6-8,10H2,1H3,(H2,21,22,23)/t12-,20-/m1/s1. The first-order chi connectivity index (χ1) is 14.5. The number of carbonyl (C=O) groups excluding carboxylic acids is 1. The summed E-state index contributed by atoms with van der Waals surface area (Å²) in [6, 6.07) is 5.55. The van der Waals surface area contributed by atoms with E-state index in [2.05, 4.69) is 25.0 Å². The zero-order valence-electron chi connectivity index (χ0n) is 16.7. The molecule has 0 bridgehead atoms. The van der Waals surface area contributed by atoms with E-state index in [1.807, 2.05) is 12.1 Å². The number of carbonyl (C=O) groups is 1. The molecule has 3 aromatic heterocycles. The smallest absolute Gasteiger partial charge is 0.262 e. The number of nitrogens with zero attached hydrogens (tertiary/aromatic N) is 6. The fourth-order valence-corrected chi connectivity index (χ4v) is 4.31. The predicted molar refractivity (Wildman–Crippen MR) is 109 cm³/mol. The van der Waals surface area contributed by atoms with Gasteiger partial charge in [-0.1, -0.05) is 5.16 Å². The minimum absolute atomic E-state index is 0.107. The van der Waals surface area contributed by atoms with Gasteiger partial charge in [0.15, 0.2) is 11.6 Å². The summed E-state index contributed by atoms with van der Waals surface area (Å²) >= 11 is 0. The number of amides is 1. The quantitative estimate of drug-likeness (QED) is 0.650. The zero-order valence-corrected chi connectivity index (χ0v) is 16.7. The van der Waals surface area contributed by atoms with E-state index in [-0.39, 0.29) is 17.6 Å². The maximum absolute atomic E-state index is 12.3. The van der Waals surface area contributed by atoms with Gasteiger partial charge in [0.2, 0.25) is 5.60 Å². The first-order valence-corrected chi connectivity index (χ1v) is 10.0. The molecule has 2 aliphatic rings. The summed E-state index contributed by atoms with van der Waals surface area (Å²) in [4.78, 5) is 28.9. The summed E-state index contributed by atoms with van der Waals surface area (Å²) in [6.45, 7) is 2.05. The van der Waals surface area contributed by atoms with Crippen LogP contribution in [-0.4, -0.2) is 62.7 Å². The maximum Gasteiger partial charge on any atom is 0.262 e. The first kappa shape index (κ1) is 18.7. The van der Waals surface area contributed by atoms with E-state index < -0.39 is 5.60 Å². The fourth-order valence-electron chi connectivity index (χ4n) is 4.31. The van der Waals surface area contributed by atoms with Gasteiger partial charge in [0.1, 0.15) is 17.7 Å². The highest BCUT2D eigenvalue weighted by atomic mass is 16.5. The van der Waals surface area contributed by atoms with Gasteiger partial charge in [-0.2, -0.15) is 0 Å². The average Bonchev–Trinajstić information content (AvgIpc) is 3.37. The SMILES string of the molecule is CN1CC[C@@](O)(c2cc([C@@H]3CCCN(c4ccc5ncnc(N)c5n4)C3)no2)C1=O. The minimum Gasteiger partial charge on any atom is -0.382 e. The van der Waals surface area contributed by atoms with E-state index in [0.717, 1.165) is 30.9 Å². The molecule has 2 atom stereocenters. The number of aromatic nitrogens is 4. The molecule has 5 rings (SSSR count). The van der Waals surface area contributed by atoms with Crippen molar-refractivity contribution in [3.05, 3.63) is 36.0 Å². The molecular weight excluding hydrogens is 386 g/mol.